The maximum atomic E-state index is 2.38. The van der Waals surface area contributed by atoms with Gasteiger partial charge in [0.05, 0.1) is 26.2 Å². The third-order valence-electron chi connectivity index (χ3n) is 8.28. The van der Waals surface area contributed by atoms with E-state index in [0.29, 0.717) is 0 Å². The molecule has 0 bridgehead atoms. The molecule has 2 rings (SSSR count). The highest BCUT2D eigenvalue weighted by atomic mass is 127. The lowest BCUT2D eigenvalue weighted by molar-refractivity contribution is -0.919. The summed E-state index contributed by atoms with van der Waals surface area (Å²) < 4.78 is 1.52. The highest BCUT2D eigenvalue weighted by molar-refractivity contribution is 4.81. The van der Waals surface area contributed by atoms with Gasteiger partial charge in [0.15, 0.2) is 0 Å². The number of halogens is 1. The molecular formula is C28H56IN. The summed E-state index contributed by atoms with van der Waals surface area (Å²) >= 11 is 0. The molecule has 1 aliphatic carbocycles. The molecule has 0 aromatic carbocycles. The Balaban J connectivity index is 0.00000450. The minimum Gasteiger partial charge on any atom is -1.00 e. The molecule has 2 atom stereocenters. The average Bonchev–Trinajstić information content (AvgIpc) is 3.11. The van der Waals surface area contributed by atoms with E-state index >= 15 is 0 Å². The van der Waals surface area contributed by atoms with Gasteiger partial charge < -0.3 is 28.5 Å². The molecule has 0 aromatic heterocycles. The number of hydrogen-bond donors (Lipinski definition) is 0. The number of nitrogens with zero attached hydrogens (tertiary/aromatic N) is 1. The van der Waals surface area contributed by atoms with Crippen molar-refractivity contribution in [2.75, 3.05) is 26.2 Å². The maximum Gasteiger partial charge on any atom is 0.0820 e. The number of likely N-dealkylation sites (tertiary alicyclic amines) is 1. The average molecular weight is 534 g/mol. The standard InChI is InChI=1S/C28H56N.HI/c1-3-5-7-8-9-10-11-12-13-14-15-16-17-20-24-29(23-6-4-2)25-27-21-18-19-22-28(27)26-29;/h27-28H,3-26H2,1-2H3;1H/q+1;/p-1. The molecule has 0 N–H and O–H groups in total. The summed E-state index contributed by atoms with van der Waals surface area (Å²) in [5.41, 5.74) is 0. The van der Waals surface area contributed by atoms with E-state index in [1.165, 1.54) is 133 Å². The molecule has 1 saturated heterocycles. The van der Waals surface area contributed by atoms with E-state index in [9.17, 15) is 0 Å². The van der Waals surface area contributed by atoms with Crippen molar-refractivity contribution in [2.24, 2.45) is 11.8 Å². The zero-order valence-electron chi connectivity index (χ0n) is 21.0. The fraction of sp³-hybridized carbons (Fsp3) is 1.00. The molecule has 0 amide bonds. The Kier molecular flexibility index (Phi) is 17.4. The Morgan fingerprint density at radius 2 is 0.867 bits per heavy atom. The van der Waals surface area contributed by atoms with E-state index in [-0.39, 0.29) is 24.0 Å². The highest BCUT2D eigenvalue weighted by Crippen LogP contribution is 2.40. The second-order valence-electron chi connectivity index (χ2n) is 10.9. The van der Waals surface area contributed by atoms with Gasteiger partial charge in [-0.25, -0.2) is 0 Å². The van der Waals surface area contributed by atoms with E-state index in [2.05, 4.69) is 13.8 Å². The number of fused-ring (bicyclic) bond motifs is 1. The lowest BCUT2D eigenvalue weighted by Crippen LogP contribution is -3.00. The maximum absolute atomic E-state index is 2.38. The smallest absolute Gasteiger partial charge is 0.0820 e. The fourth-order valence-corrected chi connectivity index (χ4v) is 6.45. The van der Waals surface area contributed by atoms with E-state index < -0.39 is 0 Å². The Hall–Kier alpha value is 0.690. The number of rotatable bonds is 18. The van der Waals surface area contributed by atoms with Gasteiger partial charge >= 0.3 is 0 Å². The monoisotopic (exact) mass is 533 g/mol. The molecule has 1 heterocycles. The quantitative estimate of drug-likeness (QED) is 0.117. The zero-order chi connectivity index (χ0) is 20.6. The van der Waals surface area contributed by atoms with Crippen LogP contribution in [0.5, 0.6) is 0 Å². The molecule has 180 valence electrons. The van der Waals surface area contributed by atoms with Crippen molar-refractivity contribution in [1.82, 2.24) is 0 Å². The molecule has 0 aromatic rings. The van der Waals surface area contributed by atoms with Crippen LogP contribution in [-0.2, 0) is 0 Å². The van der Waals surface area contributed by atoms with Gasteiger partial charge in [-0.3, -0.25) is 0 Å². The van der Waals surface area contributed by atoms with Gasteiger partial charge in [0.2, 0.25) is 0 Å². The molecule has 1 nitrogen and oxygen atoms in total. The first kappa shape index (κ1) is 28.7. The van der Waals surface area contributed by atoms with E-state index in [4.69, 9.17) is 0 Å². The van der Waals surface area contributed by atoms with Crippen LogP contribution in [0.15, 0.2) is 0 Å². The van der Waals surface area contributed by atoms with E-state index in [0.717, 1.165) is 11.8 Å². The van der Waals surface area contributed by atoms with Gasteiger partial charge in [0.1, 0.15) is 0 Å². The molecule has 2 unspecified atom stereocenters. The molecule has 0 radical (unpaired) electrons. The normalized spacial score (nSPS) is 25.8. The predicted octanol–water partition coefficient (Wildman–Crippen LogP) is 5.91. The van der Waals surface area contributed by atoms with E-state index in [1.807, 2.05) is 0 Å². The zero-order valence-corrected chi connectivity index (χ0v) is 23.1. The summed E-state index contributed by atoms with van der Waals surface area (Å²) in [7, 11) is 0. The minimum atomic E-state index is 0. The van der Waals surface area contributed by atoms with Crippen LogP contribution in [0.1, 0.15) is 142 Å². The lowest BCUT2D eigenvalue weighted by atomic mass is 9.82. The second-order valence-corrected chi connectivity index (χ2v) is 10.9. The third kappa shape index (κ3) is 11.5. The van der Waals surface area contributed by atoms with Crippen LogP contribution in [0.2, 0.25) is 0 Å². The predicted molar refractivity (Wildman–Crippen MR) is 130 cm³/mol. The van der Waals surface area contributed by atoms with Crippen LogP contribution in [0.4, 0.5) is 0 Å². The molecule has 1 aliphatic heterocycles. The topological polar surface area (TPSA) is 0 Å². The molecule has 1 saturated carbocycles. The van der Waals surface area contributed by atoms with Gasteiger partial charge in [-0.05, 0) is 32.1 Å². The van der Waals surface area contributed by atoms with Crippen LogP contribution >= 0.6 is 0 Å². The Morgan fingerprint density at radius 3 is 1.30 bits per heavy atom. The third-order valence-corrected chi connectivity index (χ3v) is 8.28. The summed E-state index contributed by atoms with van der Waals surface area (Å²) in [5, 5.41) is 0. The van der Waals surface area contributed by atoms with Gasteiger partial charge in [-0.1, -0.05) is 110 Å². The van der Waals surface area contributed by atoms with Crippen molar-refractivity contribution >= 4 is 0 Å². The second kappa shape index (κ2) is 18.2. The first-order valence-electron chi connectivity index (χ1n) is 14.1. The molecule has 2 fully saturated rings. The molecule has 2 aliphatic rings. The molecule has 2 heteroatoms. The fourth-order valence-electron chi connectivity index (χ4n) is 6.45. The number of unbranched alkanes of at least 4 members (excludes halogenated alkanes) is 14. The SMILES string of the molecule is CCCCCCCCCCCCCCCC[N+]1(CCCC)CC2CCCCC2C1.[I-]. The van der Waals surface area contributed by atoms with Gasteiger partial charge in [0.25, 0.3) is 0 Å². The van der Waals surface area contributed by atoms with Crippen LogP contribution in [0, 0.1) is 11.8 Å². The van der Waals surface area contributed by atoms with Crippen molar-refractivity contribution in [2.45, 2.75) is 142 Å². The molecule has 0 spiro atoms. The lowest BCUT2D eigenvalue weighted by Gasteiger charge is -2.35. The van der Waals surface area contributed by atoms with Crippen molar-refractivity contribution in [3.63, 3.8) is 0 Å². The van der Waals surface area contributed by atoms with Crippen LogP contribution in [0.25, 0.3) is 0 Å². The first-order chi connectivity index (χ1) is 14.3. The summed E-state index contributed by atoms with van der Waals surface area (Å²) in [4.78, 5) is 0. The van der Waals surface area contributed by atoms with Crippen molar-refractivity contribution in [3.8, 4) is 0 Å². The number of quaternary nitrogens is 1. The summed E-state index contributed by atoms with van der Waals surface area (Å²) in [5.74, 6) is 2.18. The summed E-state index contributed by atoms with van der Waals surface area (Å²) in [6.45, 7) is 10.8. The van der Waals surface area contributed by atoms with Crippen LogP contribution in [-0.4, -0.2) is 30.7 Å². The highest BCUT2D eigenvalue weighted by Gasteiger charge is 2.44. The minimum absolute atomic E-state index is 0. The van der Waals surface area contributed by atoms with Gasteiger partial charge in [-0.2, -0.15) is 0 Å². The van der Waals surface area contributed by atoms with Gasteiger partial charge in [-0.15, -0.1) is 0 Å². The van der Waals surface area contributed by atoms with E-state index in [1.54, 1.807) is 25.9 Å². The first-order valence-corrected chi connectivity index (χ1v) is 14.1. The van der Waals surface area contributed by atoms with Gasteiger partial charge in [0, 0.05) is 11.8 Å². The number of hydrogen-bond acceptors (Lipinski definition) is 0. The van der Waals surface area contributed by atoms with Crippen molar-refractivity contribution in [1.29, 1.82) is 0 Å². The molecular weight excluding hydrogens is 477 g/mol. The summed E-state index contributed by atoms with van der Waals surface area (Å²) in [6.07, 6.45) is 29.7. The van der Waals surface area contributed by atoms with Crippen LogP contribution < -0.4 is 24.0 Å². The Bertz CT molecular complexity index is 369. The molecule has 30 heavy (non-hydrogen) atoms. The summed E-state index contributed by atoms with van der Waals surface area (Å²) in [6, 6.07) is 0. The van der Waals surface area contributed by atoms with Crippen LogP contribution in [0.3, 0.4) is 0 Å². The van der Waals surface area contributed by atoms with Crippen molar-refractivity contribution < 1.29 is 28.5 Å². The Morgan fingerprint density at radius 1 is 0.500 bits per heavy atom. The van der Waals surface area contributed by atoms with Crippen molar-refractivity contribution in [3.05, 3.63) is 0 Å². The Labute approximate surface area is 208 Å². The largest absolute Gasteiger partial charge is 1.00 e.